The van der Waals surface area contributed by atoms with Crippen molar-refractivity contribution in [3.05, 3.63) is 63.8 Å². The summed E-state index contributed by atoms with van der Waals surface area (Å²) in [5.41, 5.74) is 2.97. The second kappa shape index (κ2) is 13.0. The molecule has 2 heterocycles. The quantitative estimate of drug-likeness (QED) is 0.423. The lowest BCUT2D eigenvalue weighted by Gasteiger charge is -2.32. The van der Waals surface area contributed by atoms with E-state index in [-0.39, 0.29) is 12.1 Å². The molecule has 0 spiro atoms. The SMILES string of the molecule is CC.CCNc1cc(-c2cccc(OC)c2)nn(-c2cc(N3CCCC(O)C3)ccc2[N+](=O)CC)c1=O. The molecule has 1 saturated heterocycles. The molecule has 9 heteroatoms. The Balaban J connectivity index is 0.00000186. The van der Waals surface area contributed by atoms with E-state index in [1.54, 1.807) is 26.2 Å². The highest BCUT2D eigenvalue weighted by molar-refractivity contribution is 5.67. The minimum Gasteiger partial charge on any atom is -0.497 e. The molecule has 198 valence electrons. The van der Waals surface area contributed by atoms with Gasteiger partial charge in [-0.05, 0) is 57.0 Å². The van der Waals surface area contributed by atoms with Crippen LogP contribution in [0.15, 0.2) is 53.3 Å². The first-order chi connectivity index (χ1) is 17.9. The Bertz CT molecular complexity index is 1270. The summed E-state index contributed by atoms with van der Waals surface area (Å²) in [7, 11) is 1.60. The summed E-state index contributed by atoms with van der Waals surface area (Å²) in [5.74, 6) is 0.676. The Kier molecular flexibility index (Phi) is 9.79. The molecule has 3 aromatic rings. The monoisotopic (exact) mass is 508 g/mol. The number of aromatic nitrogens is 2. The number of β-amino-alcohol motifs (C(OH)–C–C–N with tert-alkyl or cyclic N) is 1. The van der Waals surface area contributed by atoms with Gasteiger partial charge in [0.25, 0.3) is 11.2 Å². The topological polar surface area (TPSA) is 99.7 Å². The van der Waals surface area contributed by atoms with Gasteiger partial charge in [-0.25, -0.2) is 0 Å². The van der Waals surface area contributed by atoms with Gasteiger partial charge in [0.15, 0.2) is 6.54 Å². The van der Waals surface area contributed by atoms with Crippen molar-refractivity contribution in [3.63, 3.8) is 0 Å². The summed E-state index contributed by atoms with van der Waals surface area (Å²) >= 11 is 0. The van der Waals surface area contributed by atoms with Crippen molar-refractivity contribution >= 4 is 17.1 Å². The third kappa shape index (κ3) is 6.35. The van der Waals surface area contributed by atoms with Crippen molar-refractivity contribution in [2.75, 3.05) is 43.5 Å². The first-order valence-electron chi connectivity index (χ1n) is 13.0. The minimum atomic E-state index is -0.406. The number of hydrogen-bond acceptors (Lipinski definition) is 7. The normalized spacial score (nSPS) is 15.0. The lowest BCUT2D eigenvalue weighted by atomic mass is 10.1. The number of piperidine rings is 1. The molecule has 37 heavy (non-hydrogen) atoms. The first kappa shape index (κ1) is 27.9. The smallest absolute Gasteiger partial charge is 0.295 e. The number of hydrogen-bond donors (Lipinski definition) is 2. The number of rotatable bonds is 8. The van der Waals surface area contributed by atoms with E-state index in [1.165, 1.54) is 4.68 Å². The molecule has 0 saturated carbocycles. The van der Waals surface area contributed by atoms with Gasteiger partial charge in [0, 0.05) is 46.6 Å². The molecular formula is C28H38N5O4+. The Hall–Kier alpha value is -3.72. The van der Waals surface area contributed by atoms with Crippen LogP contribution in [0.1, 0.15) is 40.5 Å². The molecule has 9 nitrogen and oxygen atoms in total. The molecule has 4 rings (SSSR count). The standard InChI is InChI=1S/C26H32N5O4.C2H6/c1-4-27-23-16-22(18-8-6-10-21(14-18)35-3)28-31(26(23)33)25-15-19(11-12-24(25)30(34)5-2)29-13-7-9-20(32)17-29;1-2/h6,8,10-12,14-16,20,27,32H,4-5,7,9,13,17H2,1-3H3;1-2H3/q+1;. The summed E-state index contributed by atoms with van der Waals surface area (Å²) in [6.45, 7) is 9.75. The van der Waals surface area contributed by atoms with Crippen LogP contribution in [0.3, 0.4) is 0 Å². The molecule has 2 aromatic carbocycles. The van der Waals surface area contributed by atoms with Gasteiger partial charge in [-0.2, -0.15) is 9.78 Å². The number of methoxy groups -OCH3 is 1. The number of aliphatic hydroxyl groups is 1. The van der Waals surface area contributed by atoms with E-state index >= 15 is 0 Å². The van der Waals surface area contributed by atoms with Crippen LogP contribution >= 0.6 is 0 Å². The van der Waals surface area contributed by atoms with E-state index in [2.05, 4.69) is 15.3 Å². The zero-order chi connectivity index (χ0) is 26.9. The molecule has 1 aliphatic rings. The van der Waals surface area contributed by atoms with E-state index < -0.39 is 6.10 Å². The lowest BCUT2D eigenvalue weighted by molar-refractivity contribution is -0.458. The van der Waals surface area contributed by atoms with E-state index in [9.17, 15) is 14.8 Å². The lowest BCUT2D eigenvalue weighted by Crippen LogP contribution is -2.38. The Labute approximate surface area is 218 Å². The summed E-state index contributed by atoms with van der Waals surface area (Å²) in [4.78, 5) is 28.4. The third-order valence-corrected chi connectivity index (χ3v) is 6.15. The first-order valence-corrected chi connectivity index (χ1v) is 13.0. The molecule has 1 unspecified atom stereocenters. The van der Waals surface area contributed by atoms with Gasteiger partial charge >= 0.3 is 0 Å². The molecule has 0 radical (unpaired) electrons. The van der Waals surface area contributed by atoms with Crippen LogP contribution in [0.2, 0.25) is 0 Å². The van der Waals surface area contributed by atoms with Gasteiger partial charge in [-0.15, -0.1) is 0 Å². The van der Waals surface area contributed by atoms with Gasteiger partial charge in [0.2, 0.25) is 0 Å². The van der Waals surface area contributed by atoms with Gasteiger partial charge in [-0.1, -0.05) is 26.0 Å². The molecule has 0 amide bonds. The second-order valence-corrected chi connectivity index (χ2v) is 8.53. The van der Waals surface area contributed by atoms with Crippen LogP contribution < -0.4 is 20.5 Å². The summed E-state index contributed by atoms with van der Waals surface area (Å²) in [6, 6.07) is 14.6. The zero-order valence-electron chi connectivity index (χ0n) is 22.4. The maximum absolute atomic E-state index is 13.5. The summed E-state index contributed by atoms with van der Waals surface area (Å²) in [6.07, 6.45) is 1.23. The summed E-state index contributed by atoms with van der Waals surface area (Å²) < 4.78 is 7.51. The fourth-order valence-corrected chi connectivity index (χ4v) is 4.35. The fraction of sp³-hybridized carbons (Fsp3) is 0.429. The molecule has 2 N–H and O–H groups in total. The Morgan fingerprint density at radius 2 is 1.95 bits per heavy atom. The molecule has 1 aromatic heterocycles. The number of nitrogens with one attached hydrogen (secondary N) is 1. The number of ether oxygens (including phenoxy) is 1. The number of benzene rings is 2. The molecule has 1 aliphatic heterocycles. The minimum absolute atomic E-state index is 0.221. The van der Waals surface area contributed by atoms with Crippen LogP contribution in [0.25, 0.3) is 16.9 Å². The fourth-order valence-electron chi connectivity index (χ4n) is 4.35. The number of nitrogens with zero attached hydrogens (tertiary/aromatic N) is 4. The molecule has 0 aliphatic carbocycles. The number of nitroso groups, excluding NO2 is 1. The third-order valence-electron chi connectivity index (χ3n) is 6.15. The van der Waals surface area contributed by atoms with Crippen molar-refractivity contribution in [2.24, 2.45) is 0 Å². The molecular weight excluding hydrogens is 470 g/mol. The average molecular weight is 509 g/mol. The molecule has 0 bridgehead atoms. The van der Waals surface area contributed by atoms with E-state index in [4.69, 9.17) is 4.74 Å². The van der Waals surface area contributed by atoms with E-state index in [0.717, 1.165) is 35.4 Å². The maximum atomic E-state index is 13.5. The highest BCUT2D eigenvalue weighted by Crippen LogP contribution is 2.30. The van der Waals surface area contributed by atoms with Crippen molar-refractivity contribution in [3.8, 4) is 22.7 Å². The van der Waals surface area contributed by atoms with Crippen LogP contribution in [-0.2, 0) is 0 Å². The van der Waals surface area contributed by atoms with Crippen molar-refractivity contribution in [1.82, 2.24) is 9.78 Å². The Morgan fingerprint density at radius 1 is 1.16 bits per heavy atom. The molecule has 1 atom stereocenters. The van der Waals surface area contributed by atoms with E-state index in [0.29, 0.717) is 41.6 Å². The zero-order valence-corrected chi connectivity index (χ0v) is 22.4. The largest absolute Gasteiger partial charge is 0.497 e. The van der Waals surface area contributed by atoms with Crippen LogP contribution in [0.4, 0.5) is 17.1 Å². The highest BCUT2D eigenvalue weighted by atomic mass is 16.5. The van der Waals surface area contributed by atoms with E-state index in [1.807, 2.05) is 57.2 Å². The van der Waals surface area contributed by atoms with Crippen molar-refractivity contribution in [1.29, 1.82) is 0 Å². The van der Waals surface area contributed by atoms with Crippen molar-refractivity contribution in [2.45, 2.75) is 46.6 Å². The number of aliphatic hydroxyl groups excluding tert-OH is 1. The van der Waals surface area contributed by atoms with Crippen LogP contribution in [0, 0.1) is 4.91 Å². The van der Waals surface area contributed by atoms with Gasteiger partial charge in [0.05, 0.1) is 18.9 Å². The predicted molar refractivity (Wildman–Crippen MR) is 149 cm³/mol. The average Bonchev–Trinajstić information content (AvgIpc) is 2.94. The van der Waals surface area contributed by atoms with Gasteiger partial charge in [0.1, 0.15) is 17.1 Å². The van der Waals surface area contributed by atoms with Gasteiger partial charge in [-0.3, -0.25) is 4.79 Å². The second-order valence-electron chi connectivity index (χ2n) is 8.53. The molecule has 1 fully saturated rings. The number of anilines is 2. The summed E-state index contributed by atoms with van der Waals surface area (Å²) in [5, 5.41) is 18.0. The predicted octanol–water partition coefficient (Wildman–Crippen LogP) is 4.76. The van der Waals surface area contributed by atoms with Crippen LogP contribution in [0.5, 0.6) is 5.75 Å². The Morgan fingerprint density at radius 3 is 2.62 bits per heavy atom. The maximum Gasteiger partial charge on any atom is 0.295 e. The highest BCUT2D eigenvalue weighted by Gasteiger charge is 2.25. The van der Waals surface area contributed by atoms with Gasteiger partial charge < -0.3 is 20.1 Å². The van der Waals surface area contributed by atoms with Crippen LogP contribution in [-0.4, -0.2) is 59.0 Å². The van der Waals surface area contributed by atoms with Crippen molar-refractivity contribution < 1.29 is 14.6 Å².